The number of benzene rings is 2. The van der Waals surface area contributed by atoms with Crippen molar-refractivity contribution < 1.29 is 18.0 Å². The number of ketones is 1. The minimum Gasteiger partial charge on any atom is -0.453 e. The first-order valence-corrected chi connectivity index (χ1v) is 8.42. The number of aromatic nitrogens is 2. The largest absolute Gasteiger partial charge is 0.453 e. The van der Waals surface area contributed by atoms with Crippen LogP contribution in [0.2, 0.25) is 0 Å². The second-order valence-corrected chi connectivity index (χ2v) is 6.14. The number of para-hydroxylation sites is 1. The van der Waals surface area contributed by atoms with Gasteiger partial charge in [-0.05, 0) is 24.3 Å². The van der Waals surface area contributed by atoms with Gasteiger partial charge in [0, 0.05) is 5.39 Å². The van der Waals surface area contributed by atoms with E-state index in [1.54, 1.807) is 30.3 Å². The number of furan rings is 1. The molecular formula is C18H11FN2O3S. The van der Waals surface area contributed by atoms with Gasteiger partial charge in [0.2, 0.25) is 5.78 Å². The fourth-order valence-corrected chi connectivity index (χ4v) is 2.96. The quantitative estimate of drug-likeness (QED) is 0.385. The number of carbonyl (C=O) groups is 1. The zero-order valence-electron chi connectivity index (χ0n) is 12.8. The molecule has 0 bridgehead atoms. The van der Waals surface area contributed by atoms with E-state index in [9.17, 15) is 9.18 Å². The molecular weight excluding hydrogens is 343 g/mol. The second kappa shape index (κ2) is 6.52. The summed E-state index contributed by atoms with van der Waals surface area (Å²) in [6.45, 7) is 0. The van der Waals surface area contributed by atoms with Crippen LogP contribution < -0.4 is 0 Å². The summed E-state index contributed by atoms with van der Waals surface area (Å²) in [5.41, 5.74) is 0.890. The molecule has 0 saturated heterocycles. The fraction of sp³-hybridized carbons (Fsp3) is 0.0556. The van der Waals surface area contributed by atoms with E-state index in [-0.39, 0.29) is 34.0 Å². The topological polar surface area (TPSA) is 69.1 Å². The first kappa shape index (κ1) is 15.6. The highest BCUT2D eigenvalue weighted by molar-refractivity contribution is 7.99. The van der Waals surface area contributed by atoms with Crippen molar-refractivity contribution in [2.45, 2.75) is 5.22 Å². The molecule has 0 N–H and O–H groups in total. The molecule has 0 fully saturated rings. The van der Waals surface area contributed by atoms with Gasteiger partial charge in [-0.3, -0.25) is 4.79 Å². The van der Waals surface area contributed by atoms with Gasteiger partial charge < -0.3 is 8.83 Å². The lowest BCUT2D eigenvalue weighted by Crippen LogP contribution is -2.00. The number of carbonyl (C=O) groups excluding carboxylic acids is 1. The van der Waals surface area contributed by atoms with E-state index in [1.807, 2.05) is 18.2 Å². The molecule has 2 aromatic carbocycles. The Morgan fingerprint density at radius 3 is 2.68 bits per heavy atom. The predicted molar refractivity (Wildman–Crippen MR) is 91.0 cm³/mol. The molecule has 0 aliphatic rings. The number of halogens is 1. The number of hydrogen-bond acceptors (Lipinski definition) is 6. The normalized spacial score (nSPS) is 11.1. The van der Waals surface area contributed by atoms with Crippen molar-refractivity contribution in [3.63, 3.8) is 0 Å². The van der Waals surface area contributed by atoms with Crippen molar-refractivity contribution >= 4 is 28.5 Å². The van der Waals surface area contributed by atoms with E-state index < -0.39 is 5.82 Å². The third-order valence-corrected chi connectivity index (χ3v) is 4.36. The molecule has 0 aliphatic carbocycles. The van der Waals surface area contributed by atoms with Crippen LogP contribution in [-0.2, 0) is 0 Å². The molecule has 4 aromatic rings. The van der Waals surface area contributed by atoms with Crippen LogP contribution >= 0.6 is 11.8 Å². The first-order valence-electron chi connectivity index (χ1n) is 7.44. The highest BCUT2D eigenvalue weighted by atomic mass is 32.2. The van der Waals surface area contributed by atoms with Gasteiger partial charge in [0.15, 0.2) is 5.76 Å². The lowest BCUT2D eigenvalue weighted by molar-refractivity contribution is 0.0994. The summed E-state index contributed by atoms with van der Waals surface area (Å²) in [5, 5.41) is 8.73. The van der Waals surface area contributed by atoms with Gasteiger partial charge in [0.05, 0.1) is 11.3 Å². The Hall–Kier alpha value is -2.93. The van der Waals surface area contributed by atoms with Crippen LogP contribution in [0.5, 0.6) is 0 Å². The Labute approximate surface area is 145 Å². The number of thioether (sulfide) groups is 1. The standard InChI is InChI=1S/C18H11FN2O3S/c19-13-7-3-2-6-12(13)17-20-21-18(24-17)25-10-14(22)16-9-11-5-1-4-8-15(11)23-16/h1-9H,10H2. The third kappa shape index (κ3) is 3.18. The van der Waals surface area contributed by atoms with Gasteiger partial charge in [0.1, 0.15) is 11.4 Å². The maximum Gasteiger partial charge on any atom is 0.277 e. The molecule has 0 amide bonds. The van der Waals surface area contributed by atoms with Crippen LogP contribution in [-0.4, -0.2) is 21.7 Å². The van der Waals surface area contributed by atoms with Crippen molar-refractivity contribution in [2.75, 3.05) is 5.75 Å². The molecule has 4 rings (SSSR count). The smallest absolute Gasteiger partial charge is 0.277 e. The number of rotatable bonds is 5. The lowest BCUT2D eigenvalue weighted by atomic mass is 10.2. The van der Waals surface area contributed by atoms with Crippen LogP contribution in [0.1, 0.15) is 10.6 Å². The van der Waals surface area contributed by atoms with Gasteiger partial charge in [-0.15, -0.1) is 10.2 Å². The molecule has 0 unspecified atom stereocenters. The zero-order valence-corrected chi connectivity index (χ0v) is 13.6. The van der Waals surface area contributed by atoms with Gasteiger partial charge in [-0.25, -0.2) is 4.39 Å². The summed E-state index contributed by atoms with van der Waals surface area (Å²) in [5.74, 6) is -0.189. The summed E-state index contributed by atoms with van der Waals surface area (Å²) in [4.78, 5) is 12.3. The Kier molecular flexibility index (Phi) is 4.07. The Bertz CT molecular complexity index is 1020. The highest BCUT2D eigenvalue weighted by Crippen LogP contribution is 2.26. The summed E-state index contributed by atoms with van der Waals surface area (Å²) in [7, 11) is 0. The average Bonchev–Trinajstić information content (AvgIpc) is 3.27. The molecule has 0 aliphatic heterocycles. The molecule has 0 spiro atoms. The van der Waals surface area contributed by atoms with E-state index in [1.165, 1.54) is 6.07 Å². The Morgan fingerprint density at radius 2 is 1.84 bits per heavy atom. The molecule has 0 radical (unpaired) electrons. The lowest BCUT2D eigenvalue weighted by Gasteiger charge is -1.96. The second-order valence-electron chi connectivity index (χ2n) is 5.21. The number of fused-ring (bicyclic) bond motifs is 1. The highest BCUT2D eigenvalue weighted by Gasteiger charge is 2.16. The van der Waals surface area contributed by atoms with Gasteiger partial charge >= 0.3 is 0 Å². The number of nitrogens with zero attached hydrogens (tertiary/aromatic N) is 2. The van der Waals surface area contributed by atoms with E-state index in [4.69, 9.17) is 8.83 Å². The van der Waals surface area contributed by atoms with Crippen LogP contribution in [0.4, 0.5) is 4.39 Å². The molecule has 2 aromatic heterocycles. The van der Waals surface area contributed by atoms with Gasteiger partial charge in [-0.1, -0.05) is 42.1 Å². The molecule has 7 heteroatoms. The van der Waals surface area contributed by atoms with Crippen molar-refractivity contribution in [3.05, 3.63) is 66.2 Å². The molecule has 2 heterocycles. The van der Waals surface area contributed by atoms with Crippen molar-refractivity contribution in [2.24, 2.45) is 0 Å². The van der Waals surface area contributed by atoms with Gasteiger partial charge in [-0.2, -0.15) is 0 Å². The minimum atomic E-state index is -0.443. The average molecular weight is 354 g/mol. The van der Waals surface area contributed by atoms with E-state index in [0.717, 1.165) is 17.1 Å². The molecule has 25 heavy (non-hydrogen) atoms. The monoisotopic (exact) mass is 354 g/mol. The van der Waals surface area contributed by atoms with E-state index in [0.29, 0.717) is 5.58 Å². The number of hydrogen-bond donors (Lipinski definition) is 0. The Morgan fingerprint density at radius 1 is 1.04 bits per heavy atom. The third-order valence-electron chi connectivity index (χ3n) is 3.54. The van der Waals surface area contributed by atoms with E-state index in [2.05, 4.69) is 10.2 Å². The molecule has 0 saturated carbocycles. The maximum absolute atomic E-state index is 13.7. The van der Waals surface area contributed by atoms with Gasteiger partial charge in [0.25, 0.3) is 11.1 Å². The van der Waals surface area contributed by atoms with Crippen molar-refractivity contribution in [1.82, 2.24) is 10.2 Å². The van der Waals surface area contributed by atoms with Crippen LogP contribution in [0.3, 0.4) is 0 Å². The summed E-state index contributed by atoms with van der Waals surface area (Å²) >= 11 is 1.08. The summed E-state index contributed by atoms with van der Waals surface area (Å²) in [6.07, 6.45) is 0. The van der Waals surface area contributed by atoms with Crippen molar-refractivity contribution in [1.29, 1.82) is 0 Å². The van der Waals surface area contributed by atoms with E-state index >= 15 is 0 Å². The van der Waals surface area contributed by atoms with Crippen LogP contribution in [0.25, 0.3) is 22.4 Å². The van der Waals surface area contributed by atoms with Crippen LogP contribution in [0.15, 0.2) is 68.7 Å². The molecule has 0 atom stereocenters. The SMILES string of the molecule is O=C(CSc1nnc(-c2ccccc2F)o1)c1cc2ccccc2o1. The molecule has 5 nitrogen and oxygen atoms in total. The summed E-state index contributed by atoms with van der Waals surface area (Å²) < 4.78 is 24.7. The van der Waals surface area contributed by atoms with Crippen molar-refractivity contribution in [3.8, 4) is 11.5 Å². The minimum absolute atomic E-state index is 0.0804. The van der Waals surface area contributed by atoms with Crippen LogP contribution in [0, 0.1) is 5.82 Å². The Balaban J connectivity index is 1.46. The fourth-order valence-electron chi connectivity index (χ4n) is 2.33. The first-order chi connectivity index (χ1) is 12.2. The maximum atomic E-state index is 13.7. The summed E-state index contributed by atoms with van der Waals surface area (Å²) in [6, 6.07) is 15.2. The molecule has 124 valence electrons. The zero-order chi connectivity index (χ0) is 17.2. The predicted octanol–water partition coefficient (Wildman–Crippen LogP) is 4.60. The number of Topliss-reactive ketones (excluding diaryl/α,β-unsaturated/α-hetero) is 1.